The number of thiophene rings is 1. The molecule has 0 amide bonds. The molecular weight excluding hydrogens is 404 g/mol. The first kappa shape index (κ1) is 19.9. The minimum Gasteiger partial charge on any atom is -0.365 e. The van der Waals surface area contributed by atoms with E-state index in [1.165, 1.54) is 5.56 Å². The van der Waals surface area contributed by atoms with Crippen LogP contribution in [-0.4, -0.2) is 34.1 Å². The number of hydrogen-bond donors (Lipinski definition) is 3. The van der Waals surface area contributed by atoms with Crippen LogP contribution in [0.15, 0.2) is 60.1 Å². The van der Waals surface area contributed by atoms with Gasteiger partial charge in [0.25, 0.3) is 0 Å². The van der Waals surface area contributed by atoms with Gasteiger partial charge in [-0.1, -0.05) is 37.3 Å². The SMILES string of the molecule is CC[C@@H](Nc1cc(-c2nc(N[C@@H]3CCNC3)c3sccc3n2)ccn1)c1ccccc1. The molecule has 0 radical (unpaired) electrons. The predicted molar refractivity (Wildman–Crippen MR) is 129 cm³/mol. The van der Waals surface area contributed by atoms with E-state index in [-0.39, 0.29) is 6.04 Å². The third-order valence-electron chi connectivity index (χ3n) is 5.66. The lowest BCUT2D eigenvalue weighted by atomic mass is 10.0. The topological polar surface area (TPSA) is 74.8 Å². The van der Waals surface area contributed by atoms with Gasteiger partial charge in [0.05, 0.1) is 16.3 Å². The van der Waals surface area contributed by atoms with Crippen LogP contribution in [-0.2, 0) is 0 Å². The van der Waals surface area contributed by atoms with Crippen molar-refractivity contribution >= 4 is 33.2 Å². The summed E-state index contributed by atoms with van der Waals surface area (Å²) >= 11 is 1.68. The quantitative estimate of drug-likeness (QED) is 0.379. The van der Waals surface area contributed by atoms with Gasteiger partial charge in [0.2, 0.25) is 0 Å². The third-order valence-corrected chi connectivity index (χ3v) is 6.57. The summed E-state index contributed by atoms with van der Waals surface area (Å²) in [4.78, 5) is 14.3. The lowest BCUT2D eigenvalue weighted by Crippen LogP contribution is -2.22. The second-order valence-corrected chi connectivity index (χ2v) is 8.73. The highest BCUT2D eigenvalue weighted by molar-refractivity contribution is 7.17. The summed E-state index contributed by atoms with van der Waals surface area (Å²) in [6.45, 7) is 4.19. The first-order valence-corrected chi connectivity index (χ1v) is 11.7. The van der Waals surface area contributed by atoms with Gasteiger partial charge < -0.3 is 16.0 Å². The van der Waals surface area contributed by atoms with E-state index >= 15 is 0 Å². The zero-order chi connectivity index (χ0) is 21.0. The Bertz CT molecular complexity index is 1150. The Morgan fingerprint density at radius 3 is 2.87 bits per heavy atom. The Balaban J connectivity index is 1.45. The molecule has 0 saturated carbocycles. The van der Waals surface area contributed by atoms with Gasteiger partial charge in [0, 0.05) is 24.3 Å². The normalized spacial score (nSPS) is 17.0. The van der Waals surface area contributed by atoms with Crippen LogP contribution in [0.1, 0.15) is 31.4 Å². The van der Waals surface area contributed by atoms with Crippen molar-refractivity contribution < 1.29 is 0 Å². The Hall–Kier alpha value is -3.03. The van der Waals surface area contributed by atoms with Crippen LogP contribution < -0.4 is 16.0 Å². The summed E-state index contributed by atoms with van der Waals surface area (Å²) < 4.78 is 1.11. The van der Waals surface area contributed by atoms with Crippen LogP contribution in [0.25, 0.3) is 21.6 Å². The number of pyridine rings is 1. The van der Waals surface area contributed by atoms with Gasteiger partial charge in [-0.25, -0.2) is 15.0 Å². The highest BCUT2D eigenvalue weighted by Gasteiger charge is 2.18. The van der Waals surface area contributed by atoms with Crippen molar-refractivity contribution in [3.05, 3.63) is 65.7 Å². The van der Waals surface area contributed by atoms with Gasteiger partial charge in [-0.3, -0.25) is 0 Å². The smallest absolute Gasteiger partial charge is 0.162 e. The number of fused-ring (bicyclic) bond motifs is 1. The standard InChI is InChI=1S/C24H26N6S/c1-2-19(16-6-4-3-5-7-16)28-21-14-17(8-12-26-21)23-29-20-10-13-31-22(20)24(30-23)27-18-9-11-25-15-18/h3-8,10,12-14,18-19,25H,2,9,11,15H2,1H3,(H,26,28)(H,27,29,30)/t18-,19-/m1/s1. The molecule has 1 aromatic carbocycles. The zero-order valence-electron chi connectivity index (χ0n) is 17.5. The molecule has 1 aliphatic rings. The summed E-state index contributed by atoms with van der Waals surface area (Å²) in [5.74, 6) is 2.47. The fourth-order valence-electron chi connectivity index (χ4n) is 4.00. The molecule has 31 heavy (non-hydrogen) atoms. The molecule has 1 saturated heterocycles. The minimum atomic E-state index is 0.205. The molecule has 2 atom stereocenters. The first-order valence-electron chi connectivity index (χ1n) is 10.8. The van der Waals surface area contributed by atoms with E-state index in [0.29, 0.717) is 6.04 Å². The largest absolute Gasteiger partial charge is 0.365 e. The van der Waals surface area contributed by atoms with E-state index in [1.807, 2.05) is 24.4 Å². The highest BCUT2D eigenvalue weighted by atomic mass is 32.1. The van der Waals surface area contributed by atoms with E-state index in [2.05, 4.69) is 63.6 Å². The van der Waals surface area contributed by atoms with E-state index in [4.69, 9.17) is 9.97 Å². The molecule has 0 spiro atoms. The fraction of sp³-hybridized carbons (Fsp3) is 0.292. The van der Waals surface area contributed by atoms with E-state index in [9.17, 15) is 0 Å². The third kappa shape index (κ3) is 4.38. The van der Waals surface area contributed by atoms with E-state index < -0.39 is 0 Å². The van der Waals surface area contributed by atoms with Gasteiger partial charge in [0.15, 0.2) is 5.82 Å². The van der Waals surface area contributed by atoms with Crippen molar-refractivity contribution in [3.8, 4) is 11.4 Å². The summed E-state index contributed by atoms with van der Waals surface area (Å²) in [5.41, 5.74) is 3.19. The molecule has 7 heteroatoms. The van der Waals surface area contributed by atoms with Crippen molar-refractivity contribution in [2.45, 2.75) is 31.8 Å². The number of nitrogens with zero attached hydrogens (tertiary/aromatic N) is 3. The first-order chi connectivity index (χ1) is 15.3. The van der Waals surface area contributed by atoms with Crippen LogP contribution in [0.2, 0.25) is 0 Å². The number of benzene rings is 1. The second kappa shape index (κ2) is 8.99. The maximum Gasteiger partial charge on any atom is 0.162 e. The highest BCUT2D eigenvalue weighted by Crippen LogP contribution is 2.31. The molecule has 1 fully saturated rings. The molecule has 0 aliphatic carbocycles. The maximum atomic E-state index is 4.91. The summed E-state index contributed by atoms with van der Waals surface area (Å²) in [5, 5.41) is 12.7. The van der Waals surface area contributed by atoms with Crippen LogP contribution in [0.5, 0.6) is 0 Å². The fourth-order valence-corrected chi connectivity index (χ4v) is 4.78. The van der Waals surface area contributed by atoms with Gasteiger partial charge in [-0.05, 0) is 48.5 Å². The molecule has 6 nitrogen and oxygen atoms in total. The van der Waals surface area contributed by atoms with Crippen molar-refractivity contribution in [2.24, 2.45) is 0 Å². The molecule has 4 heterocycles. The Kier molecular flexibility index (Phi) is 5.78. The average Bonchev–Trinajstić information content (AvgIpc) is 3.50. The average molecular weight is 431 g/mol. The molecule has 1 aliphatic heterocycles. The van der Waals surface area contributed by atoms with Crippen molar-refractivity contribution in [2.75, 3.05) is 23.7 Å². The maximum absolute atomic E-state index is 4.91. The van der Waals surface area contributed by atoms with E-state index in [0.717, 1.165) is 59.2 Å². The van der Waals surface area contributed by atoms with Crippen LogP contribution in [0.3, 0.4) is 0 Å². The van der Waals surface area contributed by atoms with Crippen LogP contribution >= 0.6 is 11.3 Å². The van der Waals surface area contributed by atoms with E-state index in [1.54, 1.807) is 11.3 Å². The Labute approximate surface area is 186 Å². The lowest BCUT2D eigenvalue weighted by Gasteiger charge is -2.18. The number of anilines is 2. The van der Waals surface area contributed by atoms with Gasteiger partial charge in [-0.15, -0.1) is 11.3 Å². The van der Waals surface area contributed by atoms with Crippen molar-refractivity contribution in [3.63, 3.8) is 0 Å². The predicted octanol–water partition coefficient (Wildman–Crippen LogP) is 5.09. The number of aromatic nitrogens is 3. The molecule has 4 aromatic rings. The molecule has 158 valence electrons. The molecule has 0 unspecified atom stereocenters. The molecule has 3 aromatic heterocycles. The number of rotatable bonds is 7. The molecule has 5 rings (SSSR count). The Morgan fingerprint density at radius 1 is 1.16 bits per heavy atom. The van der Waals surface area contributed by atoms with Crippen LogP contribution in [0.4, 0.5) is 11.6 Å². The van der Waals surface area contributed by atoms with Gasteiger partial charge >= 0.3 is 0 Å². The second-order valence-electron chi connectivity index (χ2n) is 7.81. The van der Waals surface area contributed by atoms with Gasteiger partial charge in [-0.2, -0.15) is 0 Å². The van der Waals surface area contributed by atoms with Crippen molar-refractivity contribution in [1.82, 2.24) is 20.3 Å². The summed E-state index contributed by atoms with van der Waals surface area (Å²) in [7, 11) is 0. The summed E-state index contributed by atoms with van der Waals surface area (Å²) in [6, 6.07) is 17.2. The number of nitrogens with one attached hydrogen (secondary N) is 3. The zero-order valence-corrected chi connectivity index (χ0v) is 18.3. The van der Waals surface area contributed by atoms with Crippen molar-refractivity contribution in [1.29, 1.82) is 0 Å². The Morgan fingerprint density at radius 2 is 2.06 bits per heavy atom. The summed E-state index contributed by atoms with van der Waals surface area (Å²) in [6.07, 6.45) is 3.90. The lowest BCUT2D eigenvalue weighted by molar-refractivity contribution is 0.744. The van der Waals surface area contributed by atoms with Gasteiger partial charge in [0.1, 0.15) is 11.6 Å². The molecule has 0 bridgehead atoms. The molecular formula is C24H26N6S. The molecule has 3 N–H and O–H groups in total. The number of hydrogen-bond acceptors (Lipinski definition) is 7. The minimum absolute atomic E-state index is 0.205. The van der Waals surface area contributed by atoms with Crippen LogP contribution in [0, 0.1) is 0 Å². The monoisotopic (exact) mass is 430 g/mol.